The van der Waals surface area contributed by atoms with E-state index in [2.05, 4.69) is 0 Å². The summed E-state index contributed by atoms with van der Waals surface area (Å²) in [6.07, 6.45) is -68.8. The Hall–Kier alpha value is 5.84. The van der Waals surface area contributed by atoms with Crippen LogP contribution in [0.4, 0.5) is 0 Å². The molecule has 30 fully saturated rings. The van der Waals surface area contributed by atoms with Crippen molar-refractivity contribution in [2.24, 2.45) is 11.8 Å². The number of carbonyl (C=O) groups excluding carboxylic acids is 8. The molecule has 0 radical (unpaired) electrons. The van der Waals surface area contributed by atoms with Gasteiger partial charge in [0.05, 0.1) is 61.0 Å². The fourth-order valence-corrected chi connectivity index (χ4v) is 22.5. The molecule has 0 aromatic rings. The van der Waals surface area contributed by atoms with E-state index in [9.17, 15) is 135 Å². The molecule has 0 aromatic heterocycles. The summed E-state index contributed by atoms with van der Waals surface area (Å²) in [6, 6.07) is 0. The maximum absolute atomic E-state index is 12.5. The number of hydrogen-bond donors (Lipinski definition) is 14. The van der Waals surface area contributed by atoms with Gasteiger partial charge in [0.15, 0.2) is 50.3 Å². The van der Waals surface area contributed by atoms with Crippen LogP contribution in [0.15, 0.2) is 0 Å². The van der Waals surface area contributed by atoms with Crippen molar-refractivity contribution in [3.63, 3.8) is 0 Å². The topological polar surface area (TPSA) is 782 Å². The standard InChI is InChI=1S/C74H113O43S8.8Na.3H2O/c1-30-46(89)68-103-32(22-121-17-6-40(78)79)59(30)110-69-53(96)47(90)61(37(104-69)27-123-19-8-42(82)83)111-67-31(2)45(88)60(33(102-67)26-122-18-7-41(80)81)112-70-54(97)49(92)66(39(108-70)29-125-21-10-44(86)87)117-73-58(101)52(95)64(35(107-73)24-119-15-4-12-76)115-71-56(99)50(93)63(34(105-71)23-118-14-3-11-75)114-72-57(100)51(94)65(36(106-72)25-120-16-5-13-77)116-74-55(98)48(91)62(113-68)38(109-74)28-124-20-9-43(84)85;;;;;;;;;;;/h30-39,45-74,88-101H,3-10,14-29H2,1-2H3,(H,78,79)(H,80,81)(H,82,83)(H,84,85)(H,86,87);;;;;;;;;3*1H2/q-3;8*+1;;;/p-2/t30-,31-,32-,33-,34-,35-,36-,37-,38-,39-,45-,46-,47-,48-,49-,50-,51-,52-,53-,54-,55-,56-,57-,58-,59+,60-,61-,62-,63-,64-,65-,66-,67?,68?,69?,70?,71?,72?,73?,74?;;;;;;;;;;;/m0.........../s1. The Kier molecular flexibility index (Phi) is 80.3. The molecule has 136 heavy (non-hydrogen) atoms. The number of carbonyl (C=O) groups is 5. The maximum Gasteiger partial charge on any atom is 1.00 e. The van der Waals surface area contributed by atoms with Crippen molar-refractivity contribution in [3.05, 3.63) is 0 Å². The van der Waals surface area contributed by atoms with Crippen molar-refractivity contribution in [1.82, 2.24) is 0 Å². The van der Waals surface area contributed by atoms with Gasteiger partial charge in [0, 0.05) is 87.7 Å². The van der Waals surface area contributed by atoms with Gasteiger partial charge in [-0.2, -0.15) is 94.1 Å². The van der Waals surface area contributed by atoms with Gasteiger partial charge < -0.3 is 228 Å². The van der Waals surface area contributed by atoms with Crippen molar-refractivity contribution in [2.75, 3.05) is 92.0 Å². The molecule has 40 atom stereocenters. The number of aliphatic carboxylic acids is 5. The summed E-state index contributed by atoms with van der Waals surface area (Å²) < 4.78 is 102. The van der Waals surface area contributed by atoms with E-state index < -0.39 is 307 Å². The third-order valence-corrected chi connectivity index (χ3v) is 30.2. The molecule has 62 heteroatoms. The second kappa shape index (κ2) is 74.8. The molecule has 16 bridgehead atoms. The summed E-state index contributed by atoms with van der Waals surface area (Å²) in [5, 5.41) is 230. The number of carboxylic acid groups (broad SMARTS) is 5. The Labute approximate surface area is 995 Å². The largest absolute Gasteiger partial charge is 1.00 e. The van der Waals surface area contributed by atoms with Gasteiger partial charge in [0.1, 0.15) is 122 Å². The molecule has 0 saturated carbocycles. The predicted octanol–water partition coefficient (Wildman–Crippen LogP) is -38.5. The number of aliphatic hydroxyl groups is 14. The molecule has 30 aliphatic rings. The minimum Gasteiger partial charge on any atom is -0.550 e. The molecule has 23 N–H and O–H groups in total. The fraction of sp³-hybridized carbons (Fsp3) is 0.892. The van der Waals surface area contributed by atoms with E-state index in [0.29, 0.717) is 0 Å². The molecule has 742 valence electrons. The second-order valence-electron chi connectivity index (χ2n) is 30.6. The van der Waals surface area contributed by atoms with E-state index in [1.807, 2.05) is 0 Å². The first kappa shape index (κ1) is 146. The molecule has 30 rings (SSSR count). The Morgan fingerprint density at radius 3 is 0.566 bits per heavy atom. The summed E-state index contributed by atoms with van der Waals surface area (Å²) >= 11 is 7.81. The molecule has 8 unspecified atom stereocenters. The molecule has 0 spiro atoms. The van der Waals surface area contributed by atoms with Crippen molar-refractivity contribution in [1.29, 1.82) is 0 Å². The molecule has 30 saturated heterocycles. The van der Waals surface area contributed by atoms with Gasteiger partial charge in [-0.05, 0) is 78.1 Å². The van der Waals surface area contributed by atoms with E-state index >= 15 is 0 Å². The van der Waals surface area contributed by atoms with Crippen LogP contribution in [0.2, 0.25) is 0 Å². The van der Waals surface area contributed by atoms with E-state index in [1.54, 1.807) is 18.9 Å². The first-order valence-corrected chi connectivity index (χ1v) is 49.6. The van der Waals surface area contributed by atoms with Crippen LogP contribution in [0.25, 0.3) is 0 Å². The van der Waals surface area contributed by atoms with E-state index in [4.69, 9.17) is 75.8 Å². The molecule has 0 aliphatic carbocycles. The van der Waals surface area contributed by atoms with E-state index in [-0.39, 0.29) is 364 Å². The summed E-state index contributed by atoms with van der Waals surface area (Å²) in [4.78, 5) is 92.9. The first-order chi connectivity index (χ1) is 59.7. The molecule has 0 aromatic carbocycles. The summed E-state index contributed by atoms with van der Waals surface area (Å²) in [5.41, 5.74) is 0. The van der Waals surface area contributed by atoms with Crippen LogP contribution in [-0.2, 0) is 131 Å². The average molecular weight is 2180 g/mol. The number of rotatable bonds is 40. The zero-order valence-electron chi connectivity index (χ0n) is 77.2. The monoisotopic (exact) mass is 2180 g/mol. The van der Waals surface area contributed by atoms with Crippen LogP contribution in [-0.4, -0.2) is 446 Å². The molecule has 30 aliphatic heterocycles. The first-order valence-electron chi connectivity index (χ1n) is 40.3. The van der Waals surface area contributed by atoms with E-state index in [1.165, 1.54) is 13.8 Å². The number of thioether (sulfide) groups is 8. The minimum absolute atomic E-state index is 0. The van der Waals surface area contributed by atoms with Gasteiger partial charge in [-0.15, -0.1) is 19.3 Å². The second-order valence-corrected chi connectivity index (χ2v) is 39.8. The van der Waals surface area contributed by atoms with Gasteiger partial charge in [-0.3, -0.25) is 18.9 Å². The van der Waals surface area contributed by atoms with Gasteiger partial charge in [0.2, 0.25) is 0 Å². The van der Waals surface area contributed by atoms with Gasteiger partial charge in [-0.25, -0.2) is 0 Å². The zero-order chi connectivity index (χ0) is 91.0. The van der Waals surface area contributed by atoms with Crippen LogP contribution in [0.5, 0.6) is 0 Å². The molecular formula is C74H117Na8O46S8+3. The Bertz CT molecular complexity index is 3300. The molecule has 46 nitrogen and oxygen atoms in total. The summed E-state index contributed by atoms with van der Waals surface area (Å²) in [5.74, 6) is -12.4. The number of carboxylic acids is 5. The molecular weight excluding hydrogens is 2070 g/mol. The summed E-state index contributed by atoms with van der Waals surface area (Å²) in [6.45, 7) is 2.82. The average Bonchev–Trinajstić information content (AvgIpc) is 0.768. The van der Waals surface area contributed by atoms with Crippen molar-refractivity contribution in [3.8, 4) is 0 Å². The van der Waals surface area contributed by atoms with Crippen molar-refractivity contribution < 1.29 is 464 Å². The number of ether oxygens (including phenoxy) is 16. The molecule has 0 amide bonds. The van der Waals surface area contributed by atoms with Crippen LogP contribution in [0.1, 0.15) is 65.2 Å². The molecule has 30 heterocycles. The maximum atomic E-state index is 12.5. The van der Waals surface area contributed by atoms with Gasteiger partial charge in [0.25, 0.3) is 0 Å². The number of hydrogen-bond acceptors (Lipinski definition) is 51. The Morgan fingerprint density at radius 2 is 0.375 bits per heavy atom. The zero-order valence-corrected chi connectivity index (χ0v) is 99.7. The third-order valence-electron chi connectivity index (χ3n) is 21.7. The summed E-state index contributed by atoms with van der Waals surface area (Å²) in [7, 11) is 0. The normalized spacial score (nSPS) is 38.8. The van der Waals surface area contributed by atoms with Gasteiger partial charge >= 0.3 is 236 Å². The predicted molar refractivity (Wildman–Crippen MR) is 443 cm³/mol. The van der Waals surface area contributed by atoms with Gasteiger partial charge in [-0.1, -0.05) is 13.8 Å². The Morgan fingerprint density at radius 1 is 0.221 bits per heavy atom. The minimum atomic E-state index is -2.24. The smallest absolute Gasteiger partial charge is 0.550 e. The Balaban J connectivity index is -0.0000161. The van der Waals surface area contributed by atoms with Crippen LogP contribution in [0, 0.1) is 11.8 Å². The van der Waals surface area contributed by atoms with Crippen molar-refractivity contribution >= 4 is 143 Å². The SMILES string of the molecule is C[C@@H]1[C@H]2OC3O[C@@H](CSCCC(=O)[O-])[C@H](OC4O[C@@H](CSCCC(=O)[O-])[C@H](OC5O[C@@H](CSCCC(=O)[O-])[C@H](OC6O[C@@H](CSCC[C-]=O)[C@H](OC7O[C@@H](CSCC[C-]=O)[C@H](OC8O[C@@H](CSCC[C-]=O)[C@H](OC9O[C@@H](CSCCC(=O)[O-])[C@H](OC(O[C@H]2CSCCC(=O)[O-])[C@H]1O)[C@@H](O)[C@@H]9O)[C@@H](O)[C@@H]8O)[C@@H](O)[C@@H]7O)[C@@H](O)[C@@H]6O)[C@@H](O)[C@@H]5O)[C@@H](O)[C@@H]4C)[C@@H](O)[C@@H]3O.[Na+].[Na+].[Na+].[Na+].[Na+].[Na+].[Na+].[Na+].[OH3+].[OH3+].[OH3+]. The quantitative estimate of drug-likeness (QED) is 0.0117. The third kappa shape index (κ3) is 42.8. The van der Waals surface area contributed by atoms with Crippen LogP contribution >= 0.6 is 94.1 Å². The number of aliphatic hydroxyl groups excluding tert-OH is 14. The van der Waals surface area contributed by atoms with E-state index in [0.717, 1.165) is 94.1 Å². The van der Waals surface area contributed by atoms with Crippen molar-refractivity contribution in [2.45, 2.75) is 299 Å². The fourth-order valence-electron chi connectivity index (χ4n) is 15.0. The van der Waals surface area contributed by atoms with Crippen LogP contribution < -0.4 is 262 Å². The van der Waals surface area contributed by atoms with Crippen LogP contribution in [0.3, 0.4) is 0 Å².